The van der Waals surface area contributed by atoms with Gasteiger partial charge in [0.05, 0.1) is 17.5 Å². The molecule has 96 valence electrons. The molecule has 0 saturated carbocycles. The van der Waals surface area contributed by atoms with Gasteiger partial charge in [0.25, 0.3) is 0 Å². The lowest BCUT2D eigenvalue weighted by atomic mass is 10.0. The fraction of sp³-hybridized carbons (Fsp3) is 0.429. The number of para-hydroxylation sites is 2. The van der Waals surface area contributed by atoms with Gasteiger partial charge in [0.2, 0.25) is 0 Å². The van der Waals surface area contributed by atoms with E-state index in [4.69, 9.17) is 5.73 Å². The van der Waals surface area contributed by atoms with Gasteiger partial charge < -0.3 is 10.3 Å². The van der Waals surface area contributed by atoms with Crippen molar-refractivity contribution in [3.63, 3.8) is 0 Å². The van der Waals surface area contributed by atoms with E-state index in [9.17, 15) is 4.79 Å². The van der Waals surface area contributed by atoms with E-state index in [0.29, 0.717) is 13.0 Å². The first-order valence-electron chi connectivity index (χ1n) is 6.34. The molecule has 4 heteroatoms. The van der Waals surface area contributed by atoms with Crippen LogP contribution in [0.2, 0.25) is 0 Å². The third-order valence-corrected chi connectivity index (χ3v) is 3.29. The van der Waals surface area contributed by atoms with Gasteiger partial charge in [0, 0.05) is 19.0 Å². The molecule has 18 heavy (non-hydrogen) atoms. The number of aromatic nitrogens is 2. The number of rotatable bonds is 5. The van der Waals surface area contributed by atoms with Gasteiger partial charge in [-0.05, 0) is 19.1 Å². The number of nitrogens with zero attached hydrogens (tertiary/aromatic N) is 2. The summed E-state index contributed by atoms with van der Waals surface area (Å²) in [5.41, 5.74) is 7.56. The third-order valence-electron chi connectivity index (χ3n) is 3.29. The largest absolute Gasteiger partial charge is 0.330 e. The number of ketones is 1. The zero-order chi connectivity index (χ0) is 13.1. The van der Waals surface area contributed by atoms with Crippen molar-refractivity contribution < 1.29 is 4.79 Å². The molecule has 0 aliphatic carbocycles. The van der Waals surface area contributed by atoms with E-state index in [-0.39, 0.29) is 11.7 Å². The Morgan fingerprint density at radius 1 is 1.44 bits per heavy atom. The van der Waals surface area contributed by atoms with Gasteiger partial charge >= 0.3 is 0 Å². The first-order valence-corrected chi connectivity index (χ1v) is 6.34. The first kappa shape index (κ1) is 12.8. The van der Waals surface area contributed by atoms with Crippen LogP contribution < -0.4 is 5.73 Å². The Morgan fingerprint density at radius 2 is 2.17 bits per heavy atom. The molecule has 2 rings (SSSR count). The summed E-state index contributed by atoms with van der Waals surface area (Å²) in [6.07, 6.45) is 0.362. The van der Waals surface area contributed by atoms with Gasteiger partial charge in [-0.15, -0.1) is 0 Å². The molecule has 1 aromatic heterocycles. The number of Topliss-reactive ketones (excluding diaryl/α,β-unsaturated/α-hetero) is 1. The van der Waals surface area contributed by atoms with E-state index in [0.717, 1.165) is 23.4 Å². The number of carbonyl (C=O) groups is 1. The van der Waals surface area contributed by atoms with Crippen molar-refractivity contribution in [1.29, 1.82) is 0 Å². The summed E-state index contributed by atoms with van der Waals surface area (Å²) in [4.78, 5) is 16.5. The molecular formula is C14H19N3O. The highest BCUT2D eigenvalue weighted by molar-refractivity contribution is 5.84. The Hall–Kier alpha value is -1.68. The second-order valence-corrected chi connectivity index (χ2v) is 4.54. The summed E-state index contributed by atoms with van der Waals surface area (Å²) in [5.74, 6) is 0.890. The SMILES string of the molecule is CCn1c(CC(=O)C(C)CN)nc2ccccc21. The van der Waals surface area contributed by atoms with Gasteiger partial charge in [-0.1, -0.05) is 19.1 Å². The smallest absolute Gasteiger partial charge is 0.144 e. The summed E-state index contributed by atoms with van der Waals surface area (Å²) in [6.45, 7) is 5.14. The number of hydrogen-bond acceptors (Lipinski definition) is 3. The third kappa shape index (κ3) is 2.29. The predicted molar refractivity (Wildman–Crippen MR) is 72.3 cm³/mol. The molecule has 4 nitrogen and oxygen atoms in total. The van der Waals surface area contributed by atoms with Crippen LogP contribution in [0.3, 0.4) is 0 Å². The van der Waals surface area contributed by atoms with Crippen molar-refractivity contribution in [3.8, 4) is 0 Å². The van der Waals surface area contributed by atoms with E-state index in [1.54, 1.807) is 0 Å². The normalized spacial score (nSPS) is 12.8. The number of aryl methyl sites for hydroxylation is 1. The van der Waals surface area contributed by atoms with Crippen molar-refractivity contribution in [2.24, 2.45) is 11.7 Å². The van der Waals surface area contributed by atoms with Gasteiger partial charge in [0.1, 0.15) is 11.6 Å². The van der Waals surface area contributed by atoms with Crippen molar-refractivity contribution in [2.45, 2.75) is 26.8 Å². The standard InChI is InChI=1S/C14H19N3O/c1-3-17-12-7-5-4-6-11(12)16-14(17)8-13(18)10(2)9-15/h4-7,10H,3,8-9,15H2,1-2H3. The number of nitrogens with two attached hydrogens (primary N) is 1. The lowest BCUT2D eigenvalue weighted by molar-refractivity contribution is -0.121. The number of hydrogen-bond donors (Lipinski definition) is 1. The average molecular weight is 245 g/mol. The van der Waals surface area contributed by atoms with Gasteiger partial charge in [-0.25, -0.2) is 4.98 Å². The maximum atomic E-state index is 12.0. The maximum absolute atomic E-state index is 12.0. The fourth-order valence-corrected chi connectivity index (χ4v) is 2.07. The van der Waals surface area contributed by atoms with E-state index < -0.39 is 0 Å². The minimum absolute atomic E-state index is 0.102. The molecule has 0 radical (unpaired) electrons. The van der Waals surface area contributed by atoms with Crippen LogP contribution in [0, 0.1) is 5.92 Å². The lowest BCUT2D eigenvalue weighted by Gasteiger charge is -2.08. The molecule has 2 aromatic rings. The Bertz CT molecular complexity index is 559. The number of carbonyl (C=O) groups excluding carboxylic acids is 1. The highest BCUT2D eigenvalue weighted by Crippen LogP contribution is 2.17. The van der Waals surface area contributed by atoms with Crippen LogP contribution in [-0.4, -0.2) is 21.9 Å². The Balaban J connectivity index is 2.36. The van der Waals surface area contributed by atoms with Crippen molar-refractivity contribution >= 4 is 16.8 Å². The van der Waals surface area contributed by atoms with Gasteiger partial charge in [-0.2, -0.15) is 0 Å². The molecular weight excluding hydrogens is 226 g/mol. The zero-order valence-electron chi connectivity index (χ0n) is 10.9. The molecule has 0 aliphatic rings. The van der Waals surface area contributed by atoms with Crippen LogP contribution in [0.4, 0.5) is 0 Å². The quantitative estimate of drug-likeness (QED) is 0.873. The molecule has 0 bridgehead atoms. The summed E-state index contributed by atoms with van der Waals surface area (Å²) >= 11 is 0. The summed E-state index contributed by atoms with van der Waals surface area (Å²) in [6, 6.07) is 7.96. The lowest BCUT2D eigenvalue weighted by Crippen LogP contribution is -2.23. The van der Waals surface area contributed by atoms with Crippen molar-refractivity contribution in [1.82, 2.24) is 9.55 Å². The van der Waals surface area contributed by atoms with Crippen LogP contribution >= 0.6 is 0 Å². The number of fused-ring (bicyclic) bond motifs is 1. The molecule has 0 spiro atoms. The molecule has 1 atom stereocenters. The summed E-state index contributed by atoms with van der Waals surface area (Å²) in [7, 11) is 0. The molecule has 2 N–H and O–H groups in total. The van der Waals surface area contributed by atoms with Gasteiger partial charge in [-0.3, -0.25) is 4.79 Å². The minimum atomic E-state index is -0.102. The fourth-order valence-electron chi connectivity index (χ4n) is 2.07. The molecule has 1 unspecified atom stereocenters. The molecule has 0 amide bonds. The molecule has 0 aliphatic heterocycles. The van der Waals surface area contributed by atoms with Crippen molar-refractivity contribution in [3.05, 3.63) is 30.1 Å². The average Bonchev–Trinajstić information content (AvgIpc) is 2.74. The number of benzene rings is 1. The van der Waals surface area contributed by atoms with E-state index in [2.05, 4.69) is 16.5 Å². The highest BCUT2D eigenvalue weighted by atomic mass is 16.1. The van der Waals surface area contributed by atoms with E-state index >= 15 is 0 Å². The van der Waals surface area contributed by atoms with Crippen LogP contribution in [0.5, 0.6) is 0 Å². The molecule has 0 fully saturated rings. The zero-order valence-corrected chi connectivity index (χ0v) is 10.9. The van der Waals surface area contributed by atoms with Crippen LogP contribution in [0.15, 0.2) is 24.3 Å². The maximum Gasteiger partial charge on any atom is 0.144 e. The van der Waals surface area contributed by atoms with Crippen LogP contribution in [0.25, 0.3) is 11.0 Å². The van der Waals surface area contributed by atoms with Crippen molar-refractivity contribution in [2.75, 3.05) is 6.54 Å². The molecule has 0 saturated heterocycles. The topological polar surface area (TPSA) is 60.9 Å². The Morgan fingerprint density at radius 3 is 2.83 bits per heavy atom. The van der Waals surface area contributed by atoms with Gasteiger partial charge in [0.15, 0.2) is 0 Å². The molecule has 1 aromatic carbocycles. The first-order chi connectivity index (χ1) is 8.67. The second-order valence-electron chi connectivity index (χ2n) is 4.54. The van der Waals surface area contributed by atoms with Crippen LogP contribution in [0.1, 0.15) is 19.7 Å². The number of imidazole rings is 1. The Labute approximate surface area is 107 Å². The summed E-state index contributed by atoms with van der Waals surface area (Å²) in [5, 5.41) is 0. The Kier molecular flexibility index (Phi) is 3.77. The monoisotopic (exact) mass is 245 g/mol. The summed E-state index contributed by atoms with van der Waals surface area (Å²) < 4.78 is 2.09. The molecule has 1 heterocycles. The minimum Gasteiger partial charge on any atom is -0.330 e. The van der Waals surface area contributed by atoms with E-state index in [1.165, 1.54) is 0 Å². The van der Waals surface area contributed by atoms with E-state index in [1.807, 2.05) is 31.2 Å². The predicted octanol–water partition coefficient (Wildman–Crippen LogP) is 1.76. The highest BCUT2D eigenvalue weighted by Gasteiger charge is 2.16. The van der Waals surface area contributed by atoms with Crippen LogP contribution in [-0.2, 0) is 17.8 Å². The second kappa shape index (κ2) is 5.31.